The van der Waals surface area contributed by atoms with Crippen LogP contribution in [0.1, 0.15) is 8.35 Å². The molecule has 15 heavy (non-hydrogen) atoms. The highest BCUT2D eigenvalue weighted by atomic mass is 35.5. The van der Waals surface area contributed by atoms with Gasteiger partial charge in [0.15, 0.2) is 5.84 Å². The van der Waals surface area contributed by atoms with E-state index in [9.17, 15) is 0 Å². The van der Waals surface area contributed by atoms with E-state index in [1.54, 1.807) is 4.90 Å². The summed E-state index contributed by atoms with van der Waals surface area (Å²) in [5.41, 5.74) is 0.211. The zero-order valence-corrected chi connectivity index (χ0v) is 10.5. The van der Waals surface area contributed by atoms with Gasteiger partial charge in [0, 0.05) is 24.8 Å². The van der Waals surface area contributed by atoms with Gasteiger partial charge in [-0.3, -0.25) is 0 Å². The second kappa shape index (κ2) is 10.1. The Labute approximate surface area is 106 Å². The highest BCUT2D eigenvalue weighted by molar-refractivity contribution is 6.40. The largest absolute Gasteiger partial charge is 1.00 e. The summed E-state index contributed by atoms with van der Waals surface area (Å²) in [7, 11) is 0. The van der Waals surface area contributed by atoms with E-state index in [1.165, 1.54) is 6.92 Å². The molecule has 0 aliphatic carbocycles. The predicted molar refractivity (Wildman–Crippen MR) is 58.2 cm³/mol. The summed E-state index contributed by atoms with van der Waals surface area (Å²) < 4.78 is 0. The smallest absolute Gasteiger partial charge is 1.00 e. The molecule has 0 aliphatic heterocycles. The zero-order chi connectivity index (χ0) is 11.0. The number of hydrogen-bond donors (Lipinski definition) is 2. The normalized spacial score (nSPS) is 12.2. The van der Waals surface area contributed by atoms with Crippen LogP contribution in [0.4, 0.5) is 0 Å². The molecule has 0 amide bonds. The van der Waals surface area contributed by atoms with Gasteiger partial charge in [-0.1, -0.05) is 10.3 Å². The monoisotopic (exact) mass is 277 g/mol. The molecule has 0 saturated carbocycles. The predicted octanol–water partition coefficient (Wildman–Crippen LogP) is -1.48. The lowest BCUT2D eigenvalue weighted by molar-refractivity contribution is -0.00000454. The van der Waals surface area contributed by atoms with Crippen LogP contribution in [-0.2, 0) is 0 Å². The fraction of sp³-hybridized carbons (Fsp3) is 0.714. The van der Waals surface area contributed by atoms with Crippen molar-refractivity contribution < 1.29 is 24.2 Å². The number of nitrogens with zero attached hydrogens (tertiary/aromatic N) is 3. The lowest BCUT2D eigenvalue weighted by Crippen LogP contribution is -3.00. The lowest BCUT2D eigenvalue weighted by Gasteiger charge is -2.22. The second-order valence-corrected chi connectivity index (χ2v) is 3.23. The van der Waals surface area contributed by atoms with Gasteiger partial charge < -0.3 is 27.7 Å². The molecule has 0 aliphatic rings. The third kappa shape index (κ3) is 5.92. The van der Waals surface area contributed by atoms with E-state index in [-0.39, 0.29) is 25.4 Å². The Morgan fingerprint density at radius 3 is 1.93 bits per heavy atom. The van der Waals surface area contributed by atoms with Crippen LogP contribution < -0.4 is 12.4 Å². The van der Waals surface area contributed by atoms with Crippen LogP contribution in [0.3, 0.4) is 0 Å². The number of rotatable bonds is 5. The van der Waals surface area contributed by atoms with Crippen LogP contribution >= 0.6 is 23.2 Å². The number of halogens is 3. The molecule has 2 N–H and O–H groups in total. The molecule has 8 heteroatoms. The number of amidine groups is 1. The number of hydrogen-bond acceptors (Lipinski definition) is 4. The molecule has 0 rings (SSSR count). The zero-order valence-electron chi connectivity index (χ0n) is 9.20. The molecule has 0 spiro atoms. The van der Waals surface area contributed by atoms with Gasteiger partial charge >= 0.3 is 1.43 Å². The van der Waals surface area contributed by atoms with E-state index in [0.717, 1.165) is 0 Å². The van der Waals surface area contributed by atoms with E-state index >= 15 is 0 Å². The average Bonchev–Trinajstić information content (AvgIpc) is 2.19. The van der Waals surface area contributed by atoms with Crippen LogP contribution in [0.15, 0.2) is 10.3 Å². The fourth-order valence-electron chi connectivity index (χ4n) is 0.937. The summed E-state index contributed by atoms with van der Waals surface area (Å²) in [4.78, 5) is 1.63. The minimum Gasteiger partial charge on any atom is -1.00 e. The van der Waals surface area contributed by atoms with Gasteiger partial charge in [0.05, 0.1) is 0 Å². The van der Waals surface area contributed by atoms with Crippen molar-refractivity contribution in [1.29, 1.82) is 0 Å². The lowest BCUT2D eigenvalue weighted by atomic mass is 10.3. The van der Waals surface area contributed by atoms with Crippen LogP contribution in [0.5, 0.6) is 0 Å². The van der Waals surface area contributed by atoms with Crippen molar-refractivity contribution in [3.63, 3.8) is 0 Å². The molecule has 0 aromatic carbocycles. The highest BCUT2D eigenvalue weighted by Gasteiger charge is 2.14. The summed E-state index contributed by atoms with van der Waals surface area (Å²) in [6, 6.07) is 0. The highest BCUT2D eigenvalue weighted by Crippen LogP contribution is 1.97. The number of alkyl halides is 2. The topological polar surface area (TPSA) is 68.4 Å². The molecule has 0 atom stereocenters. The van der Waals surface area contributed by atoms with Crippen molar-refractivity contribution in [2.45, 2.75) is 6.92 Å². The van der Waals surface area contributed by atoms with Gasteiger partial charge in [-0.15, -0.1) is 23.2 Å². The van der Waals surface area contributed by atoms with E-state index in [2.05, 4.69) is 10.3 Å². The Balaban J connectivity index is -0.000000845. The van der Waals surface area contributed by atoms with Crippen molar-refractivity contribution in [3.8, 4) is 0 Å². The first-order valence-corrected chi connectivity index (χ1v) is 5.06. The third-order valence-electron chi connectivity index (χ3n) is 1.58. The molecular weight excluding hydrogens is 264 g/mol. The molecule has 0 saturated heterocycles. The summed E-state index contributed by atoms with van der Waals surface area (Å²) in [5, 5.41) is 23.2. The Kier molecular flexibility index (Phi) is 11.5. The van der Waals surface area contributed by atoms with Crippen LogP contribution in [-0.4, -0.2) is 51.7 Å². The maximum absolute atomic E-state index is 8.72. The molecule has 0 fully saturated rings. The van der Waals surface area contributed by atoms with Crippen molar-refractivity contribution >= 4 is 34.7 Å². The summed E-state index contributed by atoms with van der Waals surface area (Å²) in [6.07, 6.45) is 0. The van der Waals surface area contributed by atoms with Crippen LogP contribution in [0, 0.1) is 0 Å². The average molecular weight is 279 g/mol. The van der Waals surface area contributed by atoms with E-state index in [1.807, 2.05) is 0 Å². The third-order valence-corrected chi connectivity index (χ3v) is 1.91. The quantitative estimate of drug-likeness (QED) is 0.212. The van der Waals surface area contributed by atoms with Crippen LogP contribution in [0.2, 0.25) is 0 Å². The van der Waals surface area contributed by atoms with Crippen molar-refractivity contribution in [3.05, 3.63) is 0 Å². The molecule has 0 aromatic rings. The van der Waals surface area contributed by atoms with Gasteiger partial charge in [-0.05, 0) is 6.92 Å². The Bertz CT molecular complexity index is 223. The van der Waals surface area contributed by atoms with Crippen molar-refractivity contribution in [2.75, 3.05) is 24.8 Å². The summed E-state index contributed by atoms with van der Waals surface area (Å²) >= 11 is 11.1. The summed E-state index contributed by atoms with van der Waals surface area (Å²) in [5.74, 6) is 0.914. The van der Waals surface area contributed by atoms with E-state index in [0.29, 0.717) is 24.8 Å². The van der Waals surface area contributed by atoms with E-state index < -0.39 is 0 Å². The van der Waals surface area contributed by atoms with E-state index in [4.69, 9.17) is 33.6 Å². The van der Waals surface area contributed by atoms with Crippen LogP contribution in [0.25, 0.3) is 0 Å². The van der Waals surface area contributed by atoms with Crippen molar-refractivity contribution in [2.24, 2.45) is 10.3 Å². The Morgan fingerprint density at radius 2 is 1.67 bits per heavy atom. The standard InChI is InChI=1S/C7H13Cl2N3O2.ClH/c1-6(10-13)7(11-14)12(4-2-8)5-3-9;/h13-14H,2-5H2,1H3;1H/b10-6+,11-7-;. The minimum absolute atomic E-state index is 0. The molecule has 90 valence electrons. The first kappa shape index (κ1) is 17.0. The minimum atomic E-state index is 0. The SMILES string of the molecule is CC(=N\O)/C(=N/O)N(CCCl)CCCl.[Cl-].[H+]. The molecule has 0 bridgehead atoms. The van der Waals surface area contributed by atoms with Gasteiger partial charge in [-0.2, -0.15) is 0 Å². The Morgan fingerprint density at radius 1 is 1.20 bits per heavy atom. The fourth-order valence-corrected chi connectivity index (χ4v) is 1.34. The molecule has 0 unspecified atom stereocenters. The first-order chi connectivity index (χ1) is 6.71. The molecular formula is C7H14Cl3N3O2. The molecule has 0 radical (unpaired) electrons. The van der Waals surface area contributed by atoms with Gasteiger partial charge in [-0.25, -0.2) is 0 Å². The first-order valence-electron chi connectivity index (χ1n) is 3.99. The number of oxime groups is 2. The molecule has 5 nitrogen and oxygen atoms in total. The maximum Gasteiger partial charge on any atom is 1.00 e. The van der Waals surface area contributed by atoms with Gasteiger partial charge in [0.25, 0.3) is 0 Å². The second-order valence-electron chi connectivity index (χ2n) is 2.47. The maximum atomic E-state index is 8.72. The van der Waals surface area contributed by atoms with Crippen molar-refractivity contribution in [1.82, 2.24) is 4.90 Å². The summed E-state index contributed by atoms with van der Waals surface area (Å²) in [6.45, 7) is 2.46. The van der Waals surface area contributed by atoms with Gasteiger partial charge in [0.1, 0.15) is 5.71 Å². The van der Waals surface area contributed by atoms with Gasteiger partial charge in [0.2, 0.25) is 0 Å². The Hall–Kier alpha value is -0.390. The molecule has 0 aromatic heterocycles. The molecule has 0 heterocycles.